The molecule has 0 aromatic heterocycles. The molecule has 0 aromatic rings. The second kappa shape index (κ2) is 4.90. The Morgan fingerprint density at radius 3 is 2.22 bits per heavy atom. The lowest BCUT2D eigenvalue weighted by atomic mass is 9.86. The number of hydrogen-bond acceptors (Lipinski definition) is 2. The van der Waals surface area contributed by atoms with Gasteiger partial charge in [0.1, 0.15) is 11.1 Å². The van der Waals surface area contributed by atoms with Crippen LogP contribution in [0.1, 0.15) is 54.4 Å². The topological polar surface area (TPSA) is 49.4 Å². The van der Waals surface area contributed by atoms with Crippen molar-refractivity contribution in [2.24, 2.45) is 5.92 Å². The van der Waals surface area contributed by atoms with Crippen molar-refractivity contribution in [3.8, 4) is 0 Å². The minimum atomic E-state index is -0.755. The zero-order valence-corrected chi connectivity index (χ0v) is 12.5. The summed E-state index contributed by atoms with van der Waals surface area (Å²) in [5.74, 6) is 0.380. The quantitative estimate of drug-likeness (QED) is 0.833. The van der Waals surface area contributed by atoms with E-state index in [1.807, 2.05) is 27.7 Å². The smallest absolute Gasteiger partial charge is 0.248 e. The molecule has 2 unspecified atom stereocenters. The maximum Gasteiger partial charge on any atom is 0.248 e. The fraction of sp³-hybridized carbons (Fsp3) is 0.857. The molecule has 4 heteroatoms. The fourth-order valence-electron chi connectivity index (χ4n) is 2.12. The van der Waals surface area contributed by atoms with E-state index in [-0.39, 0.29) is 11.8 Å². The molecule has 1 heterocycles. The van der Waals surface area contributed by atoms with Crippen LogP contribution in [0.3, 0.4) is 0 Å². The van der Waals surface area contributed by atoms with E-state index >= 15 is 0 Å². The van der Waals surface area contributed by atoms with Crippen molar-refractivity contribution in [2.75, 3.05) is 6.54 Å². The summed E-state index contributed by atoms with van der Waals surface area (Å²) in [6.45, 7) is 12.2. The van der Waals surface area contributed by atoms with Gasteiger partial charge < -0.3 is 10.2 Å². The summed E-state index contributed by atoms with van der Waals surface area (Å²) in [6.07, 6.45) is 1.62. The van der Waals surface area contributed by atoms with Crippen molar-refractivity contribution in [2.45, 2.75) is 65.5 Å². The molecule has 0 spiro atoms. The summed E-state index contributed by atoms with van der Waals surface area (Å²) in [5, 5.41) is 2.87. The first-order valence-electron chi connectivity index (χ1n) is 6.83. The number of carbonyl (C=O) groups excluding carboxylic acids is 2. The van der Waals surface area contributed by atoms with Crippen molar-refractivity contribution in [1.29, 1.82) is 0 Å². The van der Waals surface area contributed by atoms with E-state index in [1.54, 1.807) is 4.90 Å². The Morgan fingerprint density at radius 1 is 1.22 bits per heavy atom. The highest BCUT2D eigenvalue weighted by Crippen LogP contribution is 2.29. The molecule has 0 aliphatic carbocycles. The molecule has 1 aliphatic rings. The molecule has 1 aliphatic heterocycles. The van der Waals surface area contributed by atoms with Gasteiger partial charge in [0.15, 0.2) is 0 Å². The summed E-state index contributed by atoms with van der Waals surface area (Å²) in [7, 11) is 0. The van der Waals surface area contributed by atoms with E-state index in [4.69, 9.17) is 0 Å². The van der Waals surface area contributed by atoms with Crippen LogP contribution < -0.4 is 5.32 Å². The van der Waals surface area contributed by atoms with Gasteiger partial charge in [0.25, 0.3) is 0 Å². The van der Waals surface area contributed by atoms with Crippen molar-refractivity contribution >= 4 is 11.8 Å². The number of rotatable bonds is 4. The predicted molar refractivity (Wildman–Crippen MR) is 72.1 cm³/mol. The Bertz CT molecular complexity index is 352. The van der Waals surface area contributed by atoms with Gasteiger partial charge in [-0.05, 0) is 33.1 Å². The molecule has 1 fully saturated rings. The van der Waals surface area contributed by atoms with E-state index in [2.05, 4.69) is 19.2 Å². The molecule has 1 N–H and O–H groups in total. The zero-order chi connectivity index (χ0) is 14.1. The summed E-state index contributed by atoms with van der Waals surface area (Å²) < 4.78 is 0. The number of carbonyl (C=O) groups is 2. The van der Waals surface area contributed by atoms with Gasteiger partial charge in [-0.2, -0.15) is 0 Å². The molecule has 2 amide bonds. The highest BCUT2D eigenvalue weighted by atomic mass is 16.2. The molecule has 18 heavy (non-hydrogen) atoms. The van der Waals surface area contributed by atoms with E-state index in [1.165, 1.54) is 0 Å². The van der Waals surface area contributed by atoms with E-state index < -0.39 is 11.1 Å². The molecule has 2 atom stereocenters. The van der Waals surface area contributed by atoms with Crippen LogP contribution in [0.4, 0.5) is 0 Å². The molecule has 0 saturated carbocycles. The molecule has 1 rings (SSSR count). The van der Waals surface area contributed by atoms with Gasteiger partial charge in [0, 0.05) is 6.54 Å². The van der Waals surface area contributed by atoms with Crippen LogP contribution in [-0.4, -0.2) is 34.3 Å². The van der Waals surface area contributed by atoms with Gasteiger partial charge in [0.05, 0.1) is 0 Å². The second-order valence-corrected chi connectivity index (χ2v) is 6.13. The molecule has 104 valence electrons. The Labute approximate surface area is 110 Å². The molecule has 0 bridgehead atoms. The zero-order valence-electron chi connectivity index (χ0n) is 12.5. The average molecular weight is 254 g/mol. The standard InChI is InChI=1S/C14H26N2O2/c1-7-10(3)9-16-12(18)14(6,8-2)15-11(17)13(16,4)5/h10H,7-9H2,1-6H3,(H,15,17). The minimum Gasteiger partial charge on any atom is -0.340 e. The number of amides is 2. The third-order valence-corrected chi connectivity index (χ3v) is 4.24. The van der Waals surface area contributed by atoms with Gasteiger partial charge >= 0.3 is 0 Å². The highest BCUT2D eigenvalue weighted by molar-refractivity contribution is 6.01. The molecule has 4 nitrogen and oxygen atoms in total. The lowest BCUT2D eigenvalue weighted by Crippen LogP contribution is -2.73. The third kappa shape index (κ3) is 2.38. The summed E-state index contributed by atoms with van der Waals surface area (Å²) in [6, 6.07) is 0. The van der Waals surface area contributed by atoms with E-state index in [9.17, 15) is 9.59 Å². The first-order valence-corrected chi connectivity index (χ1v) is 6.83. The Kier molecular flexibility index (Phi) is 4.08. The van der Waals surface area contributed by atoms with Crippen LogP contribution in [0.25, 0.3) is 0 Å². The highest BCUT2D eigenvalue weighted by Gasteiger charge is 2.51. The maximum atomic E-state index is 12.6. The van der Waals surface area contributed by atoms with Crippen LogP contribution in [-0.2, 0) is 9.59 Å². The first kappa shape index (κ1) is 15.0. The average Bonchev–Trinajstić information content (AvgIpc) is 2.32. The Morgan fingerprint density at radius 2 is 1.78 bits per heavy atom. The van der Waals surface area contributed by atoms with E-state index in [0.717, 1.165) is 6.42 Å². The monoisotopic (exact) mass is 254 g/mol. The van der Waals surface area contributed by atoms with Gasteiger partial charge in [0.2, 0.25) is 11.8 Å². The van der Waals surface area contributed by atoms with Crippen LogP contribution in [0.5, 0.6) is 0 Å². The number of piperazine rings is 1. The second-order valence-electron chi connectivity index (χ2n) is 6.13. The fourth-order valence-corrected chi connectivity index (χ4v) is 2.12. The third-order valence-electron chi connectivity index (χ3n) is 4.24. The largest absolute Gasteiger partial charge is 0.340 e. The Balaban J connectivity index is 3.07. The molecule has 0 aromatic carbocycles. The number of hydrogen-bond donors (Lipinski definition) is 1. The number of nitrogens with one attached hydrogen (secondary N) is 1. The van der Waals surface area contributed by atoms with Crippen LogP contribution >= 0.6 is 0 Å². The first-order chi connectivity index (χ1) is 8.19. The van der Waals surface area contributed by atoms with Crippen molar-refractivity contribution in [3.05, 3.63) is 0 Å². The van der Waals surface area contributed by atoms with Crippen molar-refractivity contribution in [3.63, 3.8) is 0 Å². The minimum absolute atomic E-state index is 0.0369. The van der Waals surface area contributed by atoms with Crippen LogP contribution in [0.2, 0.25) is 0 Å². The normalized spacial score (nSPS) is 29.1. The molecular weight excluding hydrogens is 228 g/mol. The van der Waals surface area contributed by atoms with Crippen LogP contribution in [0, 0.1) is 5.92 Å². The summed E-state index contributed by atoms with van der Waals surface area (Å²) >= 11 is 0. The van der Waals surface area contributed by atoms with Gasteiger partial charge in [-0.25, -0.2) is 0 Å². The van der Waals surface area contributed by atoms with Gasteiger partial charge in [-0.1, -0.05) is 27.2 Å². The Hall–Kier alpha value is -1.06. The summed E-state index contributed by atoms with van der Waals surface area (Å²) in [5.41, 5.74) is -1.50. The molecule has 0 radical (unpaired) electrons. The van der Waals surface area contributed by atoms with Crippen molar-refractivity contribution in [1.82, 2.24) is 10.2 Å². The number of nitrogens with zero attached hydrogens (tertiary/aromatic N) is 1. The van der Waals surface area contributed by atoms with Gasteiger partial charge in [-0.15, -0.1) is 0 Å². The molecular formula is C14H26N2O2. The molecule has 1 saturated heterocycles. The van der Waals surface area contributed by atoms with Crippen LogP contribution in [0.15, 0.2) is 0 Å². The summed E-state index contributed by atoms with van der Waals surface area (Å²) in [4.78, 5) is 26.6. The SMILES string of the molecule is CCC(C)CN1C(=O)C(C)(CC)NC(=O)C1(C)C. The lowest BCUT2D eigenvalue weighted by molar-refractivity contribution is -0.161. The maximum absolute atomic E-state index is 12.6. The predicted octanol–water partition coefficient (Wildman–Crippen LogP) is 1.94. The van der Waals surface area contributed by atoms with Gasteiger partial charge in [-0.3, -0.25) is 9.59 Å². The lowest BCUT2D eigenvalue weighted by Gasteiger charge is -2.49. The van der Waals surface area contributed by atoms with E-state index in [0.29, 0.717) is 18.9 Å². The van der Waals surface area contributed by atoms with Crippen molar-refractivity contribution < 1.29 is 9.59 Å².